The van der Waals surface area contributed by atoms with Crippen LogP contribution in [0.4, 0.5) is 5.82 Å². The number of nitriles is 1. The molecule has 0 unspecified atom stereocenters. The number of anilines is 1. The molecular formula is C18H21N3. The highest BCUT2D eigenvalue weighted by Crippen LogP contribution is 2.31. The Labute approximate surface area is 126 Å². The Morgan fingerprint density at radius 2 is 1.90 bits per heavy atom. The molecule has 21 heavy (non-hydrogen) atoms. The molecular weight excluding hydrogens is 258 g/mol. The van der Waals surface area contributed by atoms with E-state index in [1.807, 2.05) is 30.3 Å². The summed E-state index contributed by atoms with van der Waals surface area (Å²) >= 11 is 0. The van der Waals surface area contributed by atoms with Gasteiger partial charge in [-0.15, -0.1) is 0 Å². The molecule has 0 amide bonds. The van der Waals surface area contributed by atoms with Crippen LogP contribution in [0.3, 0.4) is 0 Å². The van der Waals surface area contributed by atoms with E-state index in [-0.39, 0.29) is 0 Å². The molecule has 0 bridgehead atoms. The molecule has 1 heterocycles. The molecule has 3 heteroatoms. The Balaban J connectivity index is 1.96. The molecule has 1 saturated carbocycles. The second-order valence-corrected chi connectivity index (χ2v) is 6.19. The van der Waals surface area contributed by atoms with Gasteiger partial charge in [0.1, 0.15) is 11.9 Å². The highest BCUT2D eigenvalue weighted by Gasteiger charge is 2.24. The number of hydrogen-bond acceptors (Lipinski definition) is 3. The minimum atomic E-state index is 0.502. The molecule has 0 aliphatic heterocycles. The summed E-state index contributed by atoms with van der Waals surface area (Å²) in [6.07, 6.45) is 4.92. The van der Waals surface area contributed by atoms with Crippen molar-refractivity contribution in [2.45, 2.75) is 38.6 Å². The summed E-state index contributed by atoms with van der Waals surface area (Å²) < 4.78 is 0. The van der Waals surface area contributed by atoms with Gasteiger partial charge in [-0.3, -0.25) is 0 Å². The summed E-state index contributed by atoms with van der Waals surface area (Å²) in [4.78, 5) is 6.96. The summed E-state index contributed by atoms with van der Waals surface area (Å²) in [6.45, 7) is 2.32. The van der Waals surface area contributed by atoms with Crippen LogP contribution in [0.25, 0.3) is 10.9 Å². The van der Waals surface area contributed by atoms with Gasteiger partial charge in [0.25, 0.3) is 0 Å². The average molecular weight is 279 g/mol. The molecule has 1 fully saturated rings. The quantitative estimate of drug-likeness (QED) is 0.830. The van der Waals surface area contributed by atoms with Crippen LogP contribution in [0.5, 0.6) is 0 Å². The van der Waals surface area contributed by atoms with Crippen molar-refractivity contribution in [1.29, 1.82) is 5.26 Å². The minimum Gasteiger partial charge on any atom is -0.356 e. The van der Waals surface area contributed by atoms with E-state index in [9.17, 15) is 5.26 Å². The highest BCUT2D eigenvalue weighted by atomic mass is 15.2. The maximum absolute atomic E-state index is 9.45. The van der Waals surface area contributed by atoms with Crippen molar-refractivity contribution in [2.24, 2.45) is 5.92 Å². The molecule has 1 aliphatic rings. The zero-order valence-corrected chi connectivity index (χ0v) is 12.7. The first-order valence-electron chi connectivity index (χ1n) is 7.71. The number of nitrogens with zero attached hydrogens (tertiary/aromatic N) is 3. The zero-order valence-electron chi connectivity index (χ0n) is 12.7. The summed E-state index contributed by atoms with van der Waals surface area (Å²) in [7, 11) is 2.08. The fourth-order valence-corrected chi connectivity index (χ4v) is 3.26. The molecule has 0 saturated heterocycles. The van der Waals surface area contributed by atoms with Crippen LogP contribution in [0.2, 0.25) is 0 Å². The largest absolute Gasteiger partial charge is 0.356 e. The molecule has 0 spiro atoms. The number of benzene rings is 1. The van der Waals surface area contributed by atoms with Gasteiger partial charge in [0, 0.05) is 18.5 Å². The first-order chi connectivity index (χ1) is 10.2. The van der Waals surface area contributed by atoms with E-state index in [0.29, 0.717) is 11.6 Å². The number of para-hydroxylation sites is 1. The molecule has 3 nitrogen and oxygen atoms in total. The maximum Gasteiger partial charge on any atom is 0.147 e. The fraction of sp³-hybridized carbons (Fsp3) is 0.444. The van der Waals surface area contributed by atoms with Crippen molar-refractivity contribution >= 4 is 16.7 Å². The molecule has 0 N–H and O–H groups in total. The molecule has 2 aromatic rings. The van der Waals surface area contributed by atoms with E-state index in [2.05, 4.69) is 24.9 Å². The van der Waals surface area contributed by atoms with Crippen LogP contribution in [-0.4, -0.2) is 18.1 Å². The summed E-state index contributed by atoms with van der Waals surface area (Å²) in [6, 6.07) is 12.8. The number of hydrogen-bond donors (Lipinski definition) is 0. The highest BCUT2D eigenvalue weighted by molar-refractivity contribution is 5.83. The van der Waals surface area contributed by atoms with Crippen molar-refractivity contribution in [3.05, 3.63) is 35.9 Å². The van der Waals surface area contributed by atoms with Gasteiger partial charge in [-0.2, -0.15) is 5.26 Å². The van der Waals surface area contributed by atoms with E-state index in [1.165, 1.54) is 25.7 Å². The van der Waals surface area contributed by atoms with Crippen LogP contribution >= 0.6 is 0 Å². The van der Waals surface area contributed by atoms with E-state index >= 15 is 0 Å². The van der Waals surface area contributed by atoms with Crippen LogP contribution in [-0.2, 0) is 0 Å². The smallest absolute Gasteiger partial charge is 0.147 e. The Kier molecular flexibility index (Phi) is 3.79. The SMILES string of the molecule is CC1CCC(N(C)c2nc3ccccc3cc2C#N)CC1. The summed E-state index contributed by atoms with van der Waals surface area (Å²) in [5, 5.41) is 10.5. The second kappa shape index (κ2) is 5.73. The monoisotopic (exact) mass is 279 g/mol. The van der Waals surface area contributed by atoms with Gasteiger partial charge < -0.3 is 4.90 Å². The molecule has 0 radical (unpaired) electrons. The zero-order chi connectivity index (χ0) is 14.8. The number of aromatic nitrogens is 1. The number of fused-ring (bicyclic) bond motifs is 1. The lowest BCUT2D eigenvalue weighted by Gasteiger charge is -2.34. The van der Waals surface area contributed by atoms with Crippen molar-refractivity contribution < 1.29 is 0 Å². The van der Waals surface area contributed by atoms with Crippen LogP contribution in [0.1, 0.15) is 38.2 Å². The van der Waals surface area contributed by atoms with E-state index in [1.54, 1.807) is 0 Å². The predicted octanol–water partition coefficient (Wildman–Crippen LogP) is 4.12. The Hall–Kier alpha value is -2.08. The molecule has 0 atom stereocenters. The van der Waals surface area contributed by atoms with Gasteiger partial charge in [0.15, 0.2) is 0 Å². The van der Waals surface area contributed by atoms with E-state index in [4.69, 9.17) is 4.98 Å². The van der Waals surface area contributed by atoms with Crippen molar-refractivity contribution in [3.63, 3.8) is 0 Å². The number of pyridine rings is 1. The fourth-order valence-electron chi connectivity index (χ4n) is 3.26. The molecule has 1 aromatic carbocycles. The van der Waals surface area contributed by atoms with Crippen LogP contribution < -0.4 is 4.90 Å². The first-order valence-corrected chi connectivity index (χ1v) is 7.71. The third-order valence-corrected chi connectivity index (χ3v) is 4.69. The lowest BCUT2D eigenvalue weighted by atomic mass is 9.86. The summed E-state index contributed by atoms with van der Waals surface area (Å²) in [5.74, 6) is 1.66. The Morgan fingerprint density at radius 3 is 2.62 bits per heavy atom. The van der Waals surface area contributed by atoms with E-state index in [0.717, 1.165) is 22.6 Å². The Morgan fingerprint density at radius 1 is 1.19 bits per heavy atom. The average Bonchev–Trinajstić information content (AvgIpc) is 2.53. The standard InChI is InChI=1S/C18H21N3/c1-13-7-9-16(10-8-13)21(2)18-15(12-19)11-14-5-3-4-6-17(14)20-18/h3-6,11,13,16H,7-10H2,1-2H3. The molecule has 108 valence electrons. The summed E-state index contributed by atoms with van der Waals surface area (Å²) in [5.41, 5.74) is 1.64. The third kappa shape index (κ3) is 2.71. The third-order valence-electron chi connectivity index (χ3n) is 4.69. The molecule has 1 aliphatic carbocycles. The Bertz CT molecular complexity index is 678. The first kappa shape index (κ1) is 13.9. The normalized spacial score (nSPS) is 22.0. The van der Waals surface area contributed by atoms with E-state index < -0.39 is 0 Å². The van der Waals surface area contributed by atoms with Gasteiger partial charge in [-0.1, -0.05) is 25.1 Å². The second-order valence-electron chi connectivity index (χ2n) is 6.19. The predicted molar refractivity (Wildman–Crippen MR) is 86.3 cm³/mol. The molecule has 1 aromatic heterocycles. The lowest BCUT2D eigenvalue weighted by Crippen LogP contribution is -2.35. The van der Waals surface area contributed by atoms with Crippen molar-refractivity contribution in [2.75, 3.05) is 11.9 Å². The van der Waals surface area contributed by atoms with Crippen LogP contribution in [0, 0.1) is 17.2 Å². The van der Waals surface area contributed by atoms with Gasteiger partial charge >= 0.3 is 0 Å². The maximum atomic E-state index is 9.45. The van der Waals surface area contributed by atoms with Crippen molar-refractivity contribution in [1.82, 2.24) is 4.98 Å². The minimum absolute atomic E-state index is 0.502. The topological polar surface area (TPSA) is 39.9 Å². The van der Waals surface area contributed by atoms with Gasteiger partial charge in [0.05, 0.1) is 11.1 Å². The van der Waals surface area contributed by atoms with Gasteiger partial charge in [-0.05, 0) is 43.7 Å². The van der Waals surface area contributed by atoms with Crippen molar-refractivity contribution in [3.8, 4) is 6.07 Å². The number of rotatable bonds is 2. The van der Waals surface area contributed by atoms with Crippen LogP contribution in [0.15, 0.2) is 30.3 Å². The van der Waals surface area contributed by atoms with Gasteiger partial charge in [-0.25, -0.2) is 4.98 Å². The lowest BCUT2D eigenvalue weighted by molar-refractivity contribution is 0.340. The molecule has 3 rings (SSSR count). The van der Waals surface area contributed by atoms with Gasteiger partial charge in [0.2, 0.25) is 0 Å².